The number of carbonyl (C=O) groups excluding carboxylic acids is 1. The molecular weight excluding hydrogens is 374 g/mol. The van der Waals surface area contributed by atoms with Gasteiger partial charge in [0.2, 0.25) is 0 Å². The Labute approximate surface area is 139 Å². The molecule has 118 valence electrons. The monoisotopic (exact) mass is 387 g/mol. The number of hydrogen-bond acceptors (Lipinski definition) is 6. The molecule has 1 amide bonds. The van der Waals surface area contributed by atoms with E-state index >= 15 is 0 Å². The van der Waals surface area contributed by atoms with Crippen LogP contribution in [0.4, 0.5) is 16.3 Å². The summed E-state index contributed by atoms with van der Waals surface area (Å²) in [6, 6.07) is 0. The lowest BCUT2D eigenvalue weighted by atomic mass is 10.2. The molecule has 0 unspecified atom stereocenters. The van der Waals surface area contributed by atoms with Crippen molar-refractivity contribution in [1.29, 1.82) is 0 Å². The van der Waals surface area contributed by atoms with E-state index in [2.05, 4.69) is 26.2 Å². The van der Waals surface area contributed by atoms with Crippen LogP contribution in [0.1, 0.15) is 25.6 Å². The van der Waals surface area contributed by atoms with E-state index in [1.165, 1.54) is 11.3 Å². The highest BCUT2D eigenvalue weighted by molar-refractivity contribution is 9.10. The number of aromatic nitrogens is 1. The van der Waals surface area contributed by atoms with Crippen LogP contribution in [-0.4, -0.2) is 21.6 Å². The van der Waals surface area contributed by atoms with Crippen molar-refractivity contribution in [2.75, 3.05) is 5.32 Å². The van der Waals surface area contributed by atoms with Gasteiger partial charge in [0.25, 0.3) is 0 Å². The Morgan fingerprint density at radius 1 is 1.50 bits per heavy atom. The maximum Gasteiger partial charge on any atom is 0.413 e. The number of halogens is 1. The van der Waals surface area contributed by atoms with Crippen LogP contribution in [0.3, 0.4) is 0 Å². The summed E-state index contributed by atoms with van der Waals surface area (Å²) in [5.74, 6) is 0.228. The van der Waals surface area contributed by atoms with E-state index < -0.39 is 16.6 Å². The highest BCUT2D eigenvalue weighted by Crippen LogP contribution is 2.42. The molecule has 2 rings (SSSR count). The number of nitrogens with one attached hydrogen (secondary N) is 1. The zero-order chi connectivity index (χ0) is 16.7. The molecule has 22 heavy (non-hydrogen) atoms. The Bertz CT molecular complexity index is 767. The lowest BCUT2D eigenvalue weighted by molar-refractivity contribution is -0.383. The maximum absolute atomic E-state index is 11.9. The van der Waals surface area contributed by atoms with Gasteiger partial charge in [-0.2, -0.15) is 0 Å². The van der Waals surface area contributed by atoms with Gasteiger partial charge in [0.1, 0.15) is 22.3 Å². The number of amides is 1. The number of ether oxygens (including phenoxy) is 1. The van der Waals surface area contributed by atoms with Crippen molar-refractivity contribution in [1.82, 2.24) is 4.98 Å². The summed E-state index contributed by atoms with van der Waals surface area (Å²) in [5.41, 5.74) is -0.741. The van der Waals surface area contributed by atoms with Crippen molar-refractivity contribution >= 4 is 55.0 Å². The topological polar surface area (TPSA) is 94.4 Å². The fourth-order valence-corrected chi connectivity index (χ4v) is 3.58. The third kappa shape index (κ3) is 3.36. The van der Waals surface area contributed by atoms with E-state index in [-0.39, 0.29) is 11.5 Å². The predicted octanol–water partition coefficient (Wildman–Crippen LogP) is 4.62. The molecule has 2 aromatic heterocycles. The minimum absolute atomic E-state index is 0.0939. The van der Waals surface area contributed by atoms with Crippen LogP contribution in [0.15, 0.2) is 10.7 Å². The molecular formula is C13H14BrN3O4S. The number of fused-ring (bicyclic) bond motifs is 1. The second-order valence-electron chi connectivity index (χ2n) is 5.55. The normalized spacial score (nSPS) is 11.5. The average Bonchev–Trinajstić information content (AvgIpc) is 2.63. The number of pyridine rings is 1. The molecule has 1 N–H and O–H groups in total. The van der Waals surface area contributed by atoms with Crippen LogP contribution < -0.4 is 5.32 Å². The Morgan fingerprint density at radius 2 is 2.14 bits per heavy atom. The number of rotatable bonds is 2. The van der Waals surface area contributed by atoms with Gasteiger partial charge in [-0.05, 0) is 43.6 Å². The molecule has 0 aliphatic rings. The van der Waals surface area contributed by atoms with E-state index in [4.69, 9.17) is 4.74 Å². The zero-order valence-electron chi connectivity index (χ0n) is 12.4. The van der Waals surface area contributed by atoms with Crippen molar-refractivity contribution < 1.29 is 14.5 Å². The van der Waals surface area contributed by atoms with Crippen molar-refractivity contribution in [2.24, 2.45) is 0 Å². The number of thiophene rings is 1. The summed E-state index contributed by atoms with van der Waals surface area (Å²) in [5, 5.41) is 14.1. The SMILES string of the molecule is Cc1sc2c([N+](=O)[O-])cnc(NC(=O)OC(C)(C)C)c2c1Br. The molecule has 0 spiro atoms. The van der Waals surface area contributed by atoms with E-state index in [9.17, 15) is 14.9 Å². The van der Waals surface area contributed by atoms with Crippen molar-refractivity contribution in [3.05, 3.63) is 25.7 Å². The second kappa shape index (κ2) is 5.81. The minimum atomic E-state index is -0.661. The summed E-state index contributed by atoms with van der Waals surface area (Å²) < 4.78 is 6.31. The third-order valence-electron chi connectivity index (χ3n) is 2.61. The molecule has 0 saturated carbocycles. The first-order valence-corrected chi connectivity index (χ1v) is 7.93. The molecule has 2 aromatic rings. The van der Waals surface area contributed by atoms with Gasteiger partial charge >= 0.3 is 11.8 Å². The van der Waals surface area contributed by atoms with Gasteiger partial charge in [-0.15, -0.1) is 11.3 Å². The van der Waals surface area contributed by atoms with Crippen LogP contribution in [0.2, 0.25) is 0 Å². The van der Waals surface area contributed by atoms with E-state index in [0.717, 1.165) is 11.1 Å². The first-order valence-electron chi connectivity index (χ1n) is 6.32. The van der Waals surface area contributed by atoms with E-state index in [1.54, 1.807) is 20.8 Å². The quantitative estimate of drug-likeness (QED) is 0.598. The molecule has 0 radical (unpaired) electrons. The molecule has 7 nitrogen and oxygen atoms in total. The fourth-order valence-electron chi connectivity index (χ4n) is 1.79. The summed E-state index contributed by atoms with van der Waals surface area (Å²) in [7, 11) is 0. The minimum Gasteiger partial charge on any atom is -0.444 e. The van der Waals surface area contributed by atoms with Crippen LogP contribution in [-0.2, 0) is 4.74 Å². The van der Waals surface area contributed by atoms with Crippen molar-refractivity contribution in [3.63, 3.8) is 0 Å². The lowest BCUT2D eigenvalue weighted by Crippen LogP contribution is -2.27. The predicted molar refractivity (Wildman–Crippen MR) is 88.6 cm³/mol. The zero-order valence-corrected chi connectivity index (χ0v) is 14.8. The largest absolute Gasteiger partial charge is 0.444 e. The number of hydrogen-bond donors (Lipinski definition) is 1. The molecule has 0 aromatic carbocycles. The van der Waals surface area contributed by atoms with Crippen molar-refractivity contribution in [3.8, 4) is 0 Å². The molecule has 0 saturated heterocycles. The van der Waals surface area contributed by atoms with Gasteiger partial charge in [0.15, 0.2) is 0 Å². The molecule has 0 bridgehead atoms. The van der Waals surface area contributed by atoms with Gasteiger partial charge in [-0.1, -0.05) is 0 Å². The number of nitrogens with zero attached hydrogens (tertiary/aromatic N) is 2. The number of anilines is 1. The Morgan fingerprint density at radius 3 is 2.68 bits per heavy atom. The smallest absolute Gasteiger partial charge is 0.413 e. The molecule has 0 atom stereocenters. The lowest BCUT2D eigenvalue weighted by Gasteiger charge is -2.19. The Kier molecular flexibility index (Phi) is 4.39. The second-order valence-corrected chi connectivity index (χ2v) is 7.57. The average molecular weight is 388 g/mol. The number of nitro groups is 1. The summed E-state index contributed by atoms with van der Waals surface area (Å²) >= 11 is 4.66. The first kappa shape index (κ1) is 16.6. The van der Waals surface area contributed by atoms with Gasteiger partial charge in [-0.25, -0.2) is 9.78 Å². The van der Waals surface area contributed by atoms with E-state index in [1.807, 2.05) is 6.92 Å². The molecule has 0 aliphatic carbocycles. The number of carbonyl (C=O) groups is 1. The van der Waals surface area contributed by atoms with Gasteiger partial charge < -0.3 is 4.74 Å². The Hall–Kier alpha value is -1.74. The molecule has 2 heterocycles. The van der Waals surface area contributed by atoms with Crippen LogP contribution in [0, 0.1) is 17.0 Å². The highest BCUT2D eigenvalue weighted by Gasteiger charge is 2.24. The summed E-state index contributed by atoms with van der Waals surface area (Å²) in [6.45, 7) is 7.07. The van der Waals surface area contributed by atoms with Crippen LogP contribution in [0.5, 0.6) is 0 Å². The summed E-state index contributed by atoms with van der Waals surface area (Å²) in [4.78, 5) is 27.4. The first-order chi connectivity index (χ1) is 10.1. The molecule has 0 aliphatic heterocycles. The third-order valence-corrected chi connectivity index (χ3v) is 4.99. The van der Waals surface area contributed by atoms with Gasteiger partial charge in [0, 0.05) is 9.35 Å². The summed E-state index contributed by atoms with van der Waals surface area (Å²) in [6.07, 6.45) is 0.475. The maximum atomic E-state index is 11.9. The molecule has 9 heteroatoms. The highest BCUT2D eigenvalue weighted by atomic mass is 79.9. The van der Waals surface area contributed by atoms with Crippen LogP contribution in [0.25, 0.3) is 10.1 Å². The Balaban J connectivity index is 2.50. The van der Waals surface area contributed by atoms with Gasteiger partial charge in [-0.3, -0.25) is 15.4 Å². The van der Waals surface area contributed by atoms with Gasteiger partial charge in [0.05, 0.1) is 10.3 Å². The molecule has 0 fully saturated rings. The standard InChI is InChI=1S/C13H14BrN3O4S/c1-6-9(14)8-10(22-6)7(17(19)20)5-15-11(8)16-12(18)21-13(2,3)4/h5H,1-4H3,(H,15,16,18). The fraction of sp³-hybridized carbons (Fsp3) is 0.385. The number of aryl methyl sites for hydroxylation is 1. The van der Waals surface area contributed by atoms with E-state index in [0.29, 0.717) is 14.6 Å². The van der Waals surface area contributed by atoms with Crippen molar-refractivity contribution in [2.45, 2.75) is 33.3 Å². The van der Waals surface area contributed by atoms with Crippen LogP contribution >= 0.6 is 27.3 Å².